The zero-order valence-corrected chi connectivity index (χ0v) is 16.3. The van der Waals surface area contributed by atoms with Crippen LogP contribution >= 0.6 is 11.6 Å². The van der Waals surface area contributed by atoms with Gasteiger partial charge in [-0.3, -0.25) is 0 Å². The molecule has 1 aromatic heterocycles. The number of halogens is 1. The summed E-state index contributed by atoms with van der Waals surface area (Å²) in [6.45, 7) is 5.91. The van der Waals surface area contributed by atoms with E-state index in [0.29, 0.717) is 13.2 Å². The number of nitrogens with zero attached hydrogens (tertiary/aromatic N) is 1. The van der Waals surface area contributed by atoms with Crippen molar-refractivity contribution in [2.45, 2.75) is 26.4 Å². The van der Waals surface area contributed by atoms with E-state index in [1.165, 1.54) is 16.8 Å². The highest BCUT2D eigenvalue weighted by molar-refractivity contribution is 6.30. The number of ether oxygens (including phenoxy) is 2. The van der Waals surface area contributed by atoms with Gasteiger partial charge in [-0.1, -0.05) is 23.7 Å². The van der Waals surface area contributed by atoms with Crippen LogP contribution in [0.1, 0.15) is 36.7 Å². The van der Waals surface area contributed by atoms with E-state index >= 15 is 0 Å². The Kier molecular flexibility index (Phi) is 5.10. The second kappa shape index (κ2) is 7.67. The molecule has 0 fully saturated rings. The third-order valence-electron chi connectivity index (χ3n) is 4.78. The van der Waals surface area contributed by atoms with Crippen molar-refractivity contribution in [3.05, 3.63) is 76.6 Å². The molecule has 5 heteroatoms. The average Bonchev–Trinajstić information content (AvgIpc) is 3.09. The fourth-order valence-electron chi connectivity index (χ4n) is 3.60. The first-order chi connectivity index (χ1) is 13.2. The van der Waals surface area contributed by atoms with Crippen molar-refractivity contribution in [2.75, 3.05) is 13.2 Å². The molecule has 2 aromatic carbocycles. The lowest BCUT2D eigenvalue weighted by Crippen LogP contribution is -2.21. The van der Waals surface area contributed by atoms with Crippen molar-refractivity contribution in [3.8, 4) is 17.2 Å². The Morgan fingerprint density at radius 1 is 1.04 bits per heavy atom. The van der Waals surface area contributed by atoms with E-state index in [1.54, 1.807) is 0 Å². The van der Waals surface area contributed by atoms with Crippen LogP contribution in [-0.4, -0.2) is 17.8 Å². The Bertz CT molecular complexity index is 934. The first-order valence-corrected chi connectivity index (χ1v) is 9.68. The molecule has 0 aliphatic carbocycles. The smallest absolute Gasteiger partial charge is 0.163 e. The van der Waals surface area contributed by atoms with Crippen molar-refractivity contribution in [1.82, 2.24) is 9.88 Å². The van der Waals surface area contributed by atoms with Crippen LogP contribution in [0.3, 0.4) is 0 Å². The molecule has 0 amide bonds. The van der Waals surface area contributed by atoms with E-state index in [4.69, 9.17) is 21.1 Å². The molecule has 1 atom stereocenters. The lowest BCUT2D eigenvalue weighted by atomic mass is 10.0. The summed E-state index contributed by atoms with van der Waals surface area (Å²) in [6, 6.07) is 16.5. The van der Waals surface area contributed by atoms with E-state index in [0.717, 1.165) is 28.8 Å². The molecule has 2 heterocycles. The first kappa shape index (κ1) is 18.0. The maximum atomic E-state index is 6.08. The van der Waals surface area contributed by atoms with Crippen LogP contribution in [0.4, 0.5) is 0 Å². The summed E-state index contributed by atoms with van der Waals surface area (Å²) in [5.41, 5.74) is 4.66. The van der Waals surface area contributed by atoms with Gasteiger partial charge in [-0.15, -0.1) is 0 Å². The summed E-state index contributed by atoms with van der Waals surface area (Å²) >= 11 is 6.08. The first-order valence-electron chi connectivity index (χ1n) is 9.30. The molecule has 1 N–H and O–H groups in total. The van der Waals surface area contributed by atoms with Gasteiger partial charge in [0.2, 0.25) is 0 Å². The summed E-state index contributed by atoms with van der Waals surface area (Å²) in [7, 11) is 0. The molecule has 0 spiro atoms. The molecular formula is C22H23ClN2O2. The van der Waals surface area contributed by atoms with Gasteiger partial charge < -0.3 is 19.4 Å². The standard InChI is InChI=1S/C22H23ClN2O2/c1-3-26-20-12-16-14-24-22(15-7-9-17(23)10-8-15)18-6-5-11-25(18)19(16)13-21(20)27-4-2/h5-13,22,24H,3-4,14H2,1-2H3/t22-/m1/s1. The quantitative estimate of drug-likeness (QED) is 0.665. The van der Waals surface area contributed by atoms with Crippen molar-refractivity contribution in [2.24, 2.45) is 0 Å². The Morgan fingerprint density at radius 3 is 2.44 bits per heavy atom. The third-order valence-corrected chi connectivity index (χ3v) is 5.03. The van der Waals surface area contributed by atoms with Crippen LogP contribution in [0.2, 0.25) is 5.02 Å². The predicted molar refractivity (Wildman–Crippen MR) is 108 cm³/mol. The van der Waals surface area contributed by atoms with Crippen LogP contribution in [-0.2, 0) is 6.54 Å². The number of nitrogens with one attached hydrogen (secondary N) is 1. The van der Waals surface area contributed by atoms with Crippen LogP contribution in [0.15, 0.2) is 54.7 Å². The summed E-state index contributed by atoms with van der Waals surface area (Å²) in [5, 5.41) is 4.42. The van der Waals surface area contributed by atoms with Gasteiger partial charge in [-0.05, 0) is 55.3 Å². The van der Waals surface area contributed by atoms with Gasteiger partial charge in [0.25, 0.3) is 0 Å². The van der Waals surface area contributed by atoms with Gasteiger partial charge in [0.15, 0.2) is 11.5 Å². The maximum Gasteiger partial charge on any atom is 0.163 e. The predicted octanol–water partition coefficient (Wildman–Crippen LogP) is 5.12. The highest BCUT2D eigenvalue weighted by Crippen LogP contribution is 2.37. The van der Waals surface area contributed by atoms with Crippen LogP contribution in [0.5, 0.6) is 11.5 Å². The largest absolute Gasteiger partial charge is 0.490 e. The maximum absolute atomic E-state index is 6.08. The molecule has 1 aliphatic rings. The fraction of sp³-hybridized carbons (Fsp3) is 0.273. The minimum absolute atomic E-state index is 0.0794. The molecule has 0 unspecified atom stereocenters. The lowest BCUT2D eigenvalue weighted by Gasteiger charge is -2.18. The summed E-state index contributed by atoms with van der Waals surface area (Å²) in [5.74, 6) is 1.57. The van der Waals surface area contributed by atoms with Gasteiger partial charge in [-0.2, -0.15) is 0 Å². The Labute approximate surface area is 164 Å². The van der Waals surface area contributed by atoms with Crippen LogP contribution in [0, 0.1) is 0 Å². The topological polar surface area (TPSA) is 35.4 Å². The SMILES string of the molecule is CCOc1cc2c(cc1OCC)-n1cccc1[C@@H](c1ccc(Cl)cc1)NC2. The van der Waals surface area contributed by atoms with Crippen molar-refractivity contribution in [3.63, 3.8) is 0 Å². The van der Waals surface area contributed by atoms with E-state index in [-0.39, 0.29) is 6.04 Å². The molecule has 140 valence electrons. The molecule has 4 nitrogen and oxygen atoms in total. The number of rotatable bonds is 5. The monoisotopic (exact) mass is 382 g/mol. The van der Waals surface area contributed by atoms with Gasteiger partial charge in [0.05, 0.1) is 24.9 Å². The Morgan fingerprint density at radius 2 is 1.74 bits per heavy atom. The lowest BCUT2D eigenvalue weighted by molar-refractivity contribution is 0.287. The molecule has 0 saturated carbocycles. The Balaban J connectivity index is 1.81. The Hall–Kier alpha value is -2.43. The van der Waals surface area contributed by atoms with E-state index < -0.39 is 0 Å². The zero-order chi connectivity index (χ0) is 18.8. The second-order valence-electron chi connectivity index (χ2n) is 6.46. The molecule has 27 heavy (non-hydrogen) atoms. The minimum atomic E-state index is 0.0794. The molecule has 0 saturated heterocycles. The van der Waals surface area contributed by atoms with E-state index in [9.17, 15) is 0 Å². The second-order valence-corrected chi connectivity index (χ2v) is 6.90. The number of hydrogen-bond acceptors (Lipinski definition) is 3. The summed E-state index contributed by atoms with van der Waals surface area (Å²) in [4.78, 5) is 0. The van der Waals surface area contributed by atoms with Crippen LogP contribution in [0.25, 0.3) is 5.69 Å². The molecule has 1 aliphatic heterocycles. The average molecular weight is 383 g/mol. The highest BCUT2D eigenvalue weighted by atomic mass is 35.5. The van der Waals surface area contributed by atoms with Crippen molar-refractivity contribution >= 4 is 11.6 Å². The number of benzene rings is 2. The summed E-state index contributed by atoms with van der Waals surface area (Å²) < 4.78 is 13.9. The van der Waals surface area contributed by atoms with Crippen molar-refractivity contribution < 1.29 is 9.47 Å². The van der Waals surface area contributed by atoms with E-state index in [2.05, 4.69) is 52.5 Å². The van der Waals surface area contributed by atoms with Crippen LogP contribution < -0.4 is 14.8 Å². The number of fused-ring (bicyclic) bond motifs is 3. The summed E-state index contributed by atoms with van der Waals surface area (Å²) in [6.07, 6.45) is 2.10. The molecule has 4 rings (SSSR count). The van der Waals surface area contributed by atoms with Gasteiger partial charge >= 0.3 is 0 Å². The van der Waals surface area contributed by atoms with Crippen molar-refractivity contribution in [1.29, 1.82) is 0 Å². The van der Waals surface area contributed by atoms with Gasteiger partial charge in [0.1, 0.15) is 0 Å². The number of hydrogen-bond donors (Lipinski definition) is 1. The zero-order valence-electron chi connectivity index (χ0n) is 15.5. The fourth-order valence-corrected chi connectivity index (χ4v) is 3.73. The van der Waals surface area contributed by atoms with E-state index in [1.807, 2.05) is 26.0 Å². The minimum Gasteiger partial charge on any atom is -0.490 e. The molecular weight excluding hydrogens is 360 g/mol. The molecule has 0 bridgehead atoms. The van der Waals surface area contributed by atoms with Gasteiger partial charge in [0, 0.05) is 29.5 Å². The molecule has 0 radical (unpaired) electrons. The van der Waals surface area contributed by atoms with Gasteiger partial charge in [-0.25, -0.2) is 0 Å². The third kappa shape index (κ3) is 3.43. The highest BCUT2D eigenvalue weighted by Gasteiger charge is 2.24. The normalized spacial score (nSPS) is 15.6. The molecule has 3 aromatic rings. The number of aromatic nitrogens is 1.